The number of nitrogens with zero attached hydrogens (tertiary/aromatic N) is 3. The maximum Gasteiger partial charge on any atom is 0.286 e. The van der Waals surface area contributed by atoms with E-state index in [2.05, 4.69) is 10.1 Å². The number of anilines is 1. The van der Waals surface area contributed by atoms with Gasteiger partial charge in [-0.3, -0.25) is 4.79 Å². The molecule has 33 heavy (non-hydrogen) atoms. The van der Waals surface area contributed by atoms with Crippen LogP contribution in [0.3, 0.4) is 0 Å². The second kappa shape index (κ2) is 8.04. The summed E-state index contributed by atoms with van der Waals surface area (Å²) in [5, 5.41) is 6.78. The molecule has 2 aromatic carbocycles. The summed E-state index contributed by atoms with van der Waals surface area (Å²) < 4.78 is 27.0. The van der Waals surface area contributed by atoms with Crippen molar-refractivity contribution < 1.29 is 13.6 Å². The summed E-state index contributed by atoms with van der Waals surface area (Å²) in [6, 6.07) is 13.5. The van der Waals surface area contributed by atoms with Crippen molar-refractivity contribution in [3.8, 4) is 0 Å². The zero-order valence-electron chi connectivity index (χ0n) is 18.0. The van der Waals surface area contributed by atoms with Crippen molar-refractivity contribution in [3.63, 3.8) is 0 Å². The normalized spacial score (nSPS) is 15.8. The predicted molar refractivity (Wildman–Crippen MR) is 126 cm³/mol. The van der Waals surface area contributed by atoms with E-state index >= 15 is 0 Å². The number of hydrogen-bond acceptors (Lipinski definition) is 5. The molecule has 0 unspecified atom stereocenters. The van der Waals surface area contributed by atoms with E-state index in [1.54, 1.807) is 24.3 Å². The van der Waals surface area contributed by atoms with E-state index in [1.165, 1.54) is 40.6 Å². The molecule has 2 N–H and O–H groups in total. The monoisotopic (exact) mass is 462 g/mol. The van der Waals surface area contributed by atoms with Crippen LogP contribution in [0.5, 0.6) is 0 Å². The Labute approximate surface area is 193 Å². The number of hydrogen-bond donors (Lipinski definition) is 1. The summed E-state index contributed by atoms with van der Waals surface area (Å²) in [5.74, 6) is -1.06. The van der Waals surface area contributed by atoms with Crippen molar-refractivity contribution in [2.75, 3.05) is 5.73 Å². The number of nitrogen functional groups attached to an aromatic ring is 1. The fraction of sp³-hybridized carbons (Fsp3) is 0.160. The molecule has 1 amide bonds. The summed E-state index contributed by atoms with van der Waals surface area (Å²) in [7, 11) is 0. The van der Waals surface area contributed by atoms with Crippen LogP contribution in [0.4, 0.5) is 14.5 Å². The Morgan fingerprint density at radius 2 is 1.70 bits per heavy atom. The van der Waals surface area contributed by atoms with Gasteiger partial charge in [0.2, 0.25) is 0 Å². The molecule has 1 aliphatic heterocycles. The molecule has 8 heteroatoms. The van der Waals surface area contributed by atoms with Gasteiger partial charge in [-0.1, -0.05) is 24.3 Å². The van der Waals surface area contributed by atoms with Crippen molar-refractivity contribution in [1.82, 2.24) is 9.99 Å². The molecular formula is C25H20F2N4OS. The van der Waals surface area contributed by atoms with E-state index in [0.717, 1.165) is 27.8 Å². The maximum atomic E-state index is 13.7. The molecule has 1 aliphatic rings. The van der Waals surface area contributed by atoms with Gasteiger partial charge in [0.1, 0.15) is 21.3 Å². The van der Waals surface area contributed by atoms with Crippen LogP contribution in [0.2, 0.25) is 0 Å². The third-order valence-corrected chi connectivity index (χ3v) is 6.86. The average molecular weight is 463 g/mol. The Balaban J connectivity index is 1.60. The van der Waals surface area contributed by atoms with Gasteiger partial charge in [-0.15, -0.1) is 11.3 Å². The second-order valence-corrected chi connectivity index (χ2v) is 9.08. The van der Waals surface area contributed by atoms with Crippen LogP contribution in [0.15, 0.2) is 59.7 Å². The lowest BCUT2D eigenvalue weighted by Crippen LogP contribution is -2.27. The molecule has 5 rings (SSSR count). The molecule has 3 heterocycles. The number of nitrogens with two attached hydrogens (primary N) is 1. The number of benzene rings is 2. The van der Waals surface area contributed by atoms with Crippen molar-refractivity contribution in [3.05, 3.63) is 93.5 Å². The number of amides is 1. The largest absolute Gasteiger partial charge is 0.397 e. The first-order valence-corrected chi connectivity index (χ1v) is 11.2. The number of carbonyl (C=O) groups is 1. The maximum absolute atomic E-state index is 13.7. The fourth-order valence-electron chi connectivity index (χ4n) is 4.19. The number of fused-ring (bicyclic) bond motifs is 1. The van der Waals surface area contributed by atoms with Crippen LogP contribution < -0.4 is 5.73 Å². The summed E-state index contributed by atoms with van der Waals surface area (Å²) in [6.45, 7) is 3.84. The molecule has 0 saturated heterocycles. The van der Waals surface area contributed by atoms with Gasteiger partial charge in [0.25, 0.3) is 5.91 Å². The van der Waals surface area contributed by atoms with Crippen LogP contribution in [0, 0.1) is 25.5 Å². The quantitative estimate of drug-likeness (QED) is 0.420. The highest BCUT2D eigenvalue weighted by molar-refractivity contribution is 7.21. The predicted octanol–water partition coefficient (Wildman–Crippen LogP) is 5.77. The van der Waals surface area contributed by atoms with Crippen LogP contribution in [0.25, 0.3) is 10.2 Å². The summed E-state index contributed by atoms with van der Waals surface area (Å²) in [4.78, 5) is 19.3. The van der Waals surface area contributed by atoms with Gasteiger partial charge in [0.05, 0.1) is 17.4 Å². The zero-order chi connectivity index (χ0) is 23.3. The molecule has 0 spiro atoms. The lowest BCUT2D eigenvalue weighted by molar-refractivity contribution is 0.0717. The van der Waals surface area contributed by atoms with Gasteiger partial charge in [-0.25, -0.2) is 18.8 Å². The average Bonchev–Trinajstić information content (AvgIpc) is 3.36. The van der Waals surface area contributed by atoms with Crippen molar-refractivity contribution >= 4 is 38.9 Å². The minimum Gasteiger partial charge on any atom is -0.397 e. The Morgan fingerprint density at radius 3 is 2.36 bits per heavy atom. The summed E-state index contributed by atoms with van der Waals surface area (Å²) >= 11 is 1.24. The van der Waals surface area contributed by atoms with E-state index in [0.29, 0.717) is 27.5 Å². The molecule has 0 aliphatic carbocycles. The van der Waals surface area contributed by atoms with Gasteiger partial charge in [-0.2, -0.15) is 5.10 Å². The Bertz CT molecular complexity index is 1410. The van der Waals surface area contributed by atoms with Gasteiger partial charge >= 0.3 is 0 Å². The Morgan fingerprint density at radius 1 is 1.06 bits per heavy atom. The molecule has 0 fully saturated rings. The van der Waals surface area contributed by atoms with Gasteiger partial charge in [-0.05, 0) is 60.9 Å². The Hall–Kier alpha value is -3.65. The highest BCUT2D eigenvalue weighted by Crippen LogP contribution is 2.40. The second-order valence-electron chi connectivity index (χ2n) is 8.08. The van der Waals surface area contributed by atoms with Crippen LogP contribution >= 0.6 is 11.3 Å². The molecule has 0 radical (unpaired) electrons. The number of aryl methyl sites for hydroxylation is 2. The van der Waals surface area contributed by atoms with Gasteiger partial charge in [0, 0.05) is 17.5 Å². The number of thiophene rings is 1. The zero-order valence-corrected chi connectivity index (χ0v) is 18.8. The van der Waals surface area contributed by atoms with Crippen molar-refractivity contribution in [2.45, 2.75) is 26.3 Å². The van der Waals surface area contributed by atoms with E-state index < -0.39 is 6.04 Å². The van der Waals surface area contributed by atoms with E-state index in [-0.39, 0.29) is 17.5 Å². The molecular weight excluding hydrogens is 442 g/mol. The van der Waals surface area contributed by atoms with E-state index in [4.69, 9.17) is 5.73 Å². The van der Waals surface area contributed by atoms with Crippen LogP contribution in [-0.4, -0.2) is 21.6 Å². The number of halogens is 2. The van der Waals surface area contributed by atoms with Crippen LogP contribution in [0.1, 0.15) is 44.5 Å². The molecule has 166 valence electrons. The molecule has 4 aromatic rings. The van der Waals surface area contributed by atoms with Gasteiger partial charge < -0.3 is 5.73 Å². The first kappa shape index (κ1) is 21.2. The van der Waals surface area contributed by atoms with E-state index in [1.807, 2.05) is 19.9 Å². The fourth-order valence-corrected chi connectivity index (χ4v) is 5.34. The molecule has 0 bridgehead atoms. The van der Waals surface area contributed by atoms with Gasteiger partial charge in [0.15, 0.2) is 0 Å². The number of carbonyl (C=O) groups excluding carboxylic acids is 1. The smallest absolute Gasteiger partial charge is 0.286 e. The standard InChI is InChI=1S/C25H20F2N4OS/c1-13-11-14(2)29-24-21(13)22(28)23(33-24)25(32)31-20(16-5-9-18(27)10-6-16)12-19(30-31)15-3-7-17(26)8-4-15/h3-11,20H,12,28H2,1-2H3/t20-/m1/s1. The SMILES string of the molecule is Cc1cc(C)c2c(N)c(C(=O)N3N=C(c4ccc(F)cc4)C[C@@H]3c3ccc(F)cc3)sc2n1. The highest BCUT2D eigenvalue weighted by atomic mass is 32.1. The minimum absolute atomic E-state index is 0.348. The van der Waals surface area contributed by atoms with Crippen LogP contribution in [-0.2, 0) is 0 Å². The molecule has 5 nitrogen and oxygen atoms in total. The van der Waals surface area contributed by atoms with Crippen molar-refractivity contribution in [2.24, 2.45) is 5.10 Å². The highest BCUT2D eigenvalue weighted by Gasteiger charge is 2.35. The lowest BCUT2D eigenvalue weighted by Gasteiger charge is -2.21. The topological polar surface area (TPSA) is 71.6 Å². The Kier molecular flexibility index (Phi) is 5.17. The lowest BCUT2D eigenvalue weighted by atomic mass is 9.98. The summed E-state index contributed by atoms with van der Waals surface area (Å²) in [5.41, 5.74) is 10.7. The third-order valence-electron chi connectivity index (χ3n) is 5.77. The first-order chi connectivity index (χ1) is 15.8. The molecule has 1 atom stereocenters. The molecule has 2 aromatic heterocycles. The number of hydrazone groups is 1. The third kappa shape index (κ3) is 3.76. The first-order valence-electron chi connectivity index (χ1n) is 10.4. The molecule has 0 saturated carbocycles. The summed E-state index contributed by atoms with van der Waals surface area (Å²) in [6.07, 6.45) is 0.407. The van der Waals surface area contributed by atoms with E-state index in [9.17, 15) is 13.6 Å². The number of pyridine rings is 1. The number of aromatic nitrogens is 1. The van der Waals surface area contributed by atoms with Crippen molar-refractivity contribution in [1.29, 1.82) is 0 Å². The minimum atomic E-state index is -0.446. The number of rotatable bonds is 3.